The molecule has 0 amide bonds. The van der Waals surface area contributed by atoms with Crippen LogP contribution in [-0.4, -0.2) is 24.2 Å². The predicted octanol–water partition coefficient (Wildman–Crippen LogP) is 1.25. The van der Waals surface area contributed by atoms with Gasteiger partial charge < -0.3 is 4.90 Å². The maximum absolute atomic E-state index is 4.27. The van der Waals surface area contributed by atoms with Gasteiger partial charge in [-0.1, -0.05) is 0 Å². The van der Waals surface area contributed by atoms with Crippen molar-refractivity contribution in [2.75, 3.05) is 13.6 Å². The van der Waals surface area contributed by atoms with E-state index in [1.54, 1.807) is 0 Å². The summed E-state index contributed by atoms with van der Waals surface area (Å²) >= 11 is 0. The van der Waals surface area contributed by atoms with Crippen LogP contribution in [0.3, 0.4) is 0 Å². The second-order valence-electron chi connectivity index (χ2n) is 2.53. The van der Waals surface area contributed by atoms with E-state index in [0.29, 0.717) is 0 Å². The molecule has 0 radical (unpaired) electrons. The lowest BCUT2D eigenvalue weighted by molar-refractivity contribution is 0.510. The van der Waals surface area contributed by atoms with Crippen molar-refractivity contribution in [2.45, 2.75) is 13.8 Å². The van der Waals surface area contributed by atoms with Crippen molar-refractivity contribution in [3.63, 3.8) is 0 Å². The van der Waals surface area contributed by atoms with E-state index in [1.165, 1.54) is 5.71 Å². The van der Waals surface area contributed by atoms with Gasteiger partial charge in [-0.2, -0.15) is 0 Å². The average molecular weight is 124 g/mol. The summed E-state index contributed by atoms with van der Waals surface area (Å²) in [4.78, 5) is 6.41. The first-order valence-electron chi connectivity index (χ1n) is 3.11. The molecule has 0 aromatic rings. The van der Waals surface area contributed by atoms with Crippen LogP contribution >= 0.6 is 0 Å². The fourth-order valence-corrected chi connectivity index (χ4v) is 1.09. The minimum Gasteiger partial charge on any atom is -0.373 e. The number of hydrogen-bond donors (Lipinski definition) is 0. The highest BCUT2D eigenvalue weighted by molar-refractivity contribution is 5.85. The Labute approximate surface area is 55.9 Å². The van der Waals surface area contributed by atoms with Crippen molar-refractivity contribution in [2.24, 2.45) is 4.99 Å². The Morgan fingerprint density at radius 1 is 1.56 bits per heavy atom. The third-order valence-electron chi connectivity index (χ3n) is 1.25. The van der Waals surface area contributed by atoms with Crippen LogP contribution in [0.15, 0.2) is 16.9 Å². The number of nitrogens with zero attached hydrogens (tertiary/aromatic N) is 2. The number of allylic oxidation sites excluding steroid dienone is 1. The first-order valence-corrected chi connectivity index (χ1v) is 3.11. The minimum absolute atomic E-state index is 0.970. The lowest BCUT2D eigenvalue weighted by Crippen LogP contribution is -2.22. The van der Waals surface area contributed by atoms with E-state index in [-0.39, 0.29) is 0 Å². The van der Waals surface area contributed by atoms with E-state index in [9.17, 15) is 0 Å². The largest absolute Gasteiger partial charge is 0.373 e. The van der Waals surface area contributed by atoms with Crippen LogP contribution < -0.4 is 0 Å². The highest BCUT2D eigenvalue weighted by atomic mass is 15.1. The quantitative estimate of drug-likeness (QED) is 0.474. The molecular weight excluding hydrogens is 112 g/mol. The van der Waals surface area contributed by atoms with Crippen molar-refractivity contribution in [3.8, 4) is 0 Å². The van der Waals surface area contributed by atoms with Gasteiger partial charge in [0.15, 0.2) is 0 Å². The van der Waals surface area contributed by atoms with E-state index < -0.39 is 0 Å². The second kappa shape index (κ2) is 2.21. The van der Waals surface area contributed by atoms with Crippen molar-refractivity contribution >= 4 is 5.71 Å². The molecule has 0 aromatic carbocycles. The maximum Gasteiger partial charge on any atom is 0.0551 e. The first-order chi connectivity index (χ1) is 4.18. The number of hydrogen-bond acceptors (Lipinski definition) is 2. The zero-order chi connectivity index (χ0) is 6.85. The molecule has 0 N–H and O–H groups in total. The molecule has 0 unspecified atom stereocenters. The SMILES string of the molecule is CC1=CN(C)CC(C)=N1. The van der Waals surface area contributed by atoms with Gasteiger partial charge in [-0.25, -0.2) is 0 Å². The van der Waals surface area contributed by atoms with Gasteiger partial charge >= 0.3 is 0 Å². The zero-order valence-electron chi connectivity index (χ0n) is 6.18. The van der Waals surface area contributed by atoms with Crippen LogP contribution in [0.25, 0.3) is 0 Å². The van der Waals surface area contributed by atoms with Crippen LogP contribution in [0.2, 0.25) is 0 Å². The number of aliphatic imine (C=N–C) groups is 1. The third-order valence-corrected chi connectivity index (χ3v) is 1.25. The van der Waals surface area contributed by atoms with Gasteiger partial charge in [-0.15, -0.1) is 0 Å². The van der Waals surface area contributed by atoms with Crippen molar-refractivity contribution in [1.29, 1.82) is 0 Å². The van der Waals surface area contributed by atoms with Gasteiger partial charge in [0.25, 0.3) is 0 Å². The van der Waals surface area contributed by atoms with Crippen LogP contribution in [-0.2, 0) is 0 Å². The molecule has 2 heteroatoms. The zero-order valence-corrected chi connectivity index (χ0v) is 6.18. The highest BCUT2D eigenvalue weighted by Gasteiger charge is 2.01. The van der Waals surface area contributed by atoms with Crippen molar-refractivity contribution < 1.29 is 0 Å². The summed E-state index contributed by atoms with van der Waals surface area (Å²) in [5, 5.41) is 0. The topological polar surface area (TPSA) is 15.6 Å². The van der Waals surface area contributed by atoms with E-state index in [2.05, 4.69) is 16.9 Å². The predicted molar refractivity (Wildman–Crippen MR) is 39.5 cm³/mol. The van der Waals surface area contributed by atoms with E-state index in [1.807, 2.05) is 20.0 Å². The monoisotopic (exact) mass is 124 g/mol. The Morgan fingerprint density at radius 3 is 2.67 bits per heavy atom. The molecule has 1 heterocycles. The lowest BCUT2D eigenvalue weighted by atomic mass is 10.3. The van der Waals surface area contributed by atoms with E-state index in [0.717, 1.165) is 12.2 Å². The van der Waals surface area contributed by atoms with E-state index >= 15 is 0 Å². The minimum atomic E-state index is 0.970. The fraction of sp³-hybridized carbons (Fsp3) is 0.571. The molecule has 0 aromatic heterocycles. The van der Waals surface area contributed by atoms with Crippen LogP contribution in [0.4, 0.5) is 0 Å². The highest BCUT2D eigenvalue weighted by Crippen LogP contribution is 2.03. The smallest absolute Gasteiger partial charge is 0.0551 e. The molecule has 0 atom stereocenters. The fourth-order valence-electron chi connectivity index (χ4n) is 1.09. The Morgan fingerprint density at radius 2 is 2.22 bits per heavy atom. The number of rotatable bonds is 0. The lowest BCUT2D eigenvalue weighted by Gasteiger charge is -2.18. The molecule has 0 fully saturated rings. The normalized spacial score (nSPS) is 19.2. The summed E-state index contributed by atoms with van der Waals surface area (Å²) in [6.07, 6.45) is 2.05. The van der Waals surface area contributed by atoms with Gasteiger partial charge in [0.2, 0.25) is 0 Å². The summed E-state index contributed by atoms with van der Waals surface area (Å²) in [5.74, 6) is 0. The maximum atomic E-state index is 4.27. The molecule has 0 saturated heterocycles. The Balaban J connectivity index is 2.74. The first kappa shape index (κ1) is 6.33. The second-order valence-corrected chi connectivity index (χ2v) is 2.53. The summed E-state index contributed by atoms with van der Waals surface area (Å²) < 4.78 is 0. The molecule has 1 rings (SSSR count). The molecule has 50 valence electrons. The molecule has 9 heavy (non-hydrogen) atoms. The van der Waals surface area contributed by atoms with Crippen molar-refractivity contribution in [1.82, 2.24) is 4.90 Å². The molecule has 2 nitrogen and oxygen atoms in total. The summed E-state index contributed by atoms with van der Waals surface area (Å²) in [6, 6.07) is 0. The van der Waals surface area contributed by atoms with Gasteiger partial charge in [0, 0.05) is 19.0 Å². The molecule has 1 aliphatic rings. The van der Waals surface area contributed by atoms with Gasteiger partial charge in [-0.3, -0.25) is 4.99 Å². The average Bonchev–Trinajstić information content (AvgIpc) is 1.59. The summed E-state index contributed by atoms with van der Waals surface area (Å²) in [7, 11) is 2.06. The van der Waals surface area contributed by atoms with Gasteiger partial charge in [-0.05, 0) is 13.8 Å². The molecule has 0 aliphatic carbocycles. The molecule has 0 bridgehead atoms. The Hall–Kier alpha value is -0.790. The Bertz CT molecular complexity index is 168. The summed E-state index contributed by atoms with van der Waals surface area (Å²) in [6.45, 7) is 5.03. The van der Waals surface area contributed by atoms with E-state index in [4.69, 9.17) is 0 Å². The molecule has 0 spiro atoms. The van der Waals surface area contributed by atoms with Gasteiger partial charge in [0.1, 0.15) is 0 Å². The summed E-state index contributed by atoms with van der Waals surface area (Å²) in [5.41, 5.74) is 2.29. The van der Waals surface area contributed by atoms with Crippen molar-refractivity contribution in [3.05, 3.63) is 11.9 Å². The van der Waals surface area contributed by atoms with Crippen LogP contribution in [0, 0.1) is 0 Å². The van der Waals surface area contributed by atoms with Gasteiger partial charge in [0.05, 0.1) is 12.2 Å². The molecule has 0 saturated carbocycles. The van der Waals surface area contributed by atoms with Crippen LogP contribution in [0.5, 0.6) is 0 Å². The van der Waals surface area contributed by atoms with Crippen LogP contribution in [0.1, 0.15) is 13.8 Å². The Kier molecular flexibility index (Phi) is 1.56. The standard InChI is InChI=1S/C7H12N2/c1-6-4-9(3)5-7(2)8-6/h4H,5H2,1-3H3. The molecule has 1 aliphatic heterocycles. The third kappa shape index (κ3) is 1.56. The molecular formula is C7H12N2.